The van der Waals surface area contributed by atoms with Gasteiger partial charge in [-0.25, -0.2) is 0 Å². The number of ether oxygens (including phenoxy) is 1. The summed E-state index contributed by atoms with van der Waals surface area (Å²) in [6.07, 6.45) is 0. The molecule has 4 N–H and O–H groups in total. The second-order valence-electron chi connectivity index (χ2n) is 4.95. The monoisotopic (exact) mass is 470 g/mol. The Bertz CT molecular complexity index is 804. The first-order valence-corrected chi connectivity index (χ1v) is 7.68. The Morgan fingerprint density at radius 3 is 2.00 bits per heavy atom. The van der Waals surface area contributed by atoms with Crippen LogP contribution in [0.3, 0.4) is 0 Å². The van der Waals surface area contributed by atoms with Crippen LogP contribution in [0.1, 0.15) is 16.7 Å². The van der Waals surface area contributed by atoms with Gasteiger partial charge in [0.2, 0.25) is 0 Å². The molecule has 28 heavy (non-hydrogen) atoms. The maximum absolute atomic E-state index is 6.23. The second-order valence-corrected chi connectivity index (χ2v) is 5.36. The molecule has 156 valence electrons. The van der Waals surface area contributed by atoms with Gasteiger partial charge in [-0.15, -0.1) is 37.2 Å². The van der Waals surface area contributed by atoms with Gasteiger partial charge in [0.05, 0.1) is 5.02 Å². The summed E-state index contributed by atoms with van der Waals surface area (Å²) in [6.45, 7) is 0.314. The average molecular weight is 472 g/mol. The molecule has 7 nitrogen and oxygen atoms in total. The molecule has 2 aromatic rings. The van der Waals surface area contributed by atoms with Crippen molar-refractivity contribution in [3.8, 4) is 5.75 Å². The van der Waals surface area contributed by atoms with E-state index in [0.717, 1.165) is 11.1 Å². The number of oxime groups is 2. The van der Waals surface area contributed by atoms with Crippen molar-refractivity contribution >= 4 is 60.5 Å². The Balaban J connectivity index is 0. The third-order valence-corrected chi connectivity index (χ3v) is 3.52. The highest BCUT2D eigenvalue weighted by Crippen LogP contribution is 2.26. The second kappa shape index (κ2) is 14.0. The fourth-order valence-electron chi connectivity index (χ4n) is 2.06. The van der Waals surface area contributed by atoms with Gasteiger partial charge >= 0.3 is 0 Å². The molecule has 0 saturated heterocycles. The number of nitrogens with zero attached hydrogens (tertiary/aromatic N) is 2. The first-order chi connectivity index (χ1) is 12.0. The molecule has 2 rings (SSSR count). The standard InChI is InChI=1S/C17H19ClN4O3.3ClH/c1-23-21-16(19)12-5-3-4-11(8-12)10-25-15-7-6-13(9-14(15)18)17(20)22-24-2;;;/h3-9H,10H2,1-2H3,(H2,19,21)(H2,20,22);3*1H. The lowest BCUT2D eigenvalue weighted by atomic mass is 10.1. The van der Waals surface area contributed by atoms with Gasteiger partial charge < -0.3 is 25.9 Å². The van der Waals surface area contributed by atoms with Crippen molar-refractivity contribution in [1.29, 1.82) is 0 Å². The van der Waals surface area contributed by atoms with Crippen molar-refractivity contribution in [2.24, 2.45) is 21.8 Å². The Morgan fingerprint density at radius 1 is 0.893 bits per heavy atom. The molecule has 0 saturated carbocycles. The van der Waals surface area contributed by atoms with Crippen molar-refractivity contribution in [3.63, 3.8) is 0 Å². The van der Waals surface area contributed by atoms with Gasteiger partial charge in [-0.2, -0.15) is 0 Å². The zero-order valence-corrected chi connectivity index (χ0v) is 18.3. The van der Waals surface area contributed by atoms with Gasteiger partial charge in [-0.3, -0.25) is 0 Å². The lowest BCUT2D eigenvalue weighted by Crippen LogP contribution is -2.14. The molecule has 0 spiro atoms. The van der Waals surface area contributed by atoms with Gasteiger partial charge in [0, 0.05) is 11.1 Å². The third kappa shape index (κ3) is 7.90. The molecule has 0 unspecified atom stereocenters. The Kier molecular flexibility index (Phi) is 14.1. The van der Waals surface area contributed by atoms with E-state index in [4.69, 9.17) is 27.8 Å². The van der Waals surface area contributed by atoms with Crippen molar-refractivity contribution in [2.75, 3.05) is 14.2 Å². The number of nitrogens with two attached hydrogens (primary N) is 2. The van der Waals surface area contributed by atoms with Crippen LogP contribution >= 0.6 is 48.8 Å². The van der Waals surface area contributed by atoms with Crippen molar-refractivity contribution in [3.05, 3.63) is 64.2 Å². The lowest BCUT2D eigenvalue weighted by Gasteiger charge is -2.10. The molecule has 2 aromatic carbocycles. The first kappa shape index (κ1) is 28.2. The largest absolute Gasteiger partial charge is 0.487 e. The van der Waals surface area contributed by atoms with Crippen molar-refractivity contribution < 1.29 is 14.4 Å². The molecule has 0 amide bonds. The summed E-state index contributed by atoms with van der Waals surface area (Å²) in [5.74, 6) is 1.05. The van der Waals surface area contributed by atoms with E-state index in [-0.39, 0.29) is 43.1 Å². The maximum Gasteiger partial charge on any atom is 0.170 e. The smallest absolute Gasteiger partial charge is 0.170 e. The minimum atomic E-state index is 0. The minimum absolute atomic E-state index is 0. The summed E-state index contributed by atoms with van der Waals surface area (Å²) < 4.78 is 5.76. The van der Waals surface area contributed by atoms with Crippen molar-refractivity contribution in [1.82, 2.24) is 0 Å². The summed E-state index contributed by atoms with van der Waals surface area (Å²) in [4.78, 5) is 9.32. The number of benzene rings is 2. The molecule has 0 aromatic heterocycles. The van der Waals surface area contributed by atoms with E-state index >= 15 is 0 Å². The minimum Gasteiger partial charge on any atom is -0.487 e. The van der Waals surface area contributed by atoms with E-state index in [0.29, 0.717) is 28.8 Å². The molecular formula is C17H22Cl4N4O3. The van der Waals surface area contributed by atoms with Crippen LogP contribution in [0, 0.1) is 0 Å². The normalized spacial score (nSPS) is 10.7. The van der Waals surface area contributed by atoms with E-state index < -0.39 is 0 Å². The summed E-state index contributed by atoms with van der Waals surface area (Å²) in [6, 6.07) is 12.6. The van der Waals surface area contributed by atoms with Crippen LogP contribution in [-0.4, -0.2) is 25.9 Å². The van der Waals surface area contributed by atoms with Gasteiger partial charge in [0.25, 0.3) is 0 Å². The predicted molar refractivity (Wildman–Crippen MR) is 119 cm³/mol. The highest BCUT2D eigenvalue weighted by atomic mass is 35.5. The molecule has 0 bridgehead atoms. The van der Waals surface area contributed by atoms with Crippen LogP contribution in [0.25, 0.3) is 0 Å². The molecule has 0 fully saturated rings. The number of hydrogen-bond donors (Lipinski definition) is 2. The van der Waals surface area contributed by atoms with E-state index in [1.807, 2.05) is 24.3 Å². The lowest BCUT2D eigenvalue weighted by molar-refractivity contribution is 0.213. The molecule has 0 aliphatic rings. The molecule has 0 aliphatic carbocycles. The molecule has 11 heteroatoms. The van der Waals surface area contributed by atoms with Crippen molar-refractivity contribution in [2.45, 2.75) is 6.61 Å². The Labute approximate surface area is 187 Å². The maximum atomic E-state index is 6.23. The summed E-state index contributed by atoms with van der Waals surface area (Å²) >= 11 is 6.23. The first-order valence-electron chi connectivity index (χ1n) is 7.30. The molecule has 0 heterocycles. The highest BCUT2D eigenvalue weighted by molar-refractivity contribution is 6.32. The fourth-order valence-corrected chi connectivity index (χ4v) is 2.30. The van der Waals surface area contributed by atoms with E-state index in [1.54, 1.807) is 18.2 Å². The van der Waals surface area contributed by atoms with Gasteiger partial charge in [0.15, 0.2) is 11.7 Å². The zero-order chi connectivity index (χ0) is 18.2. The highest BCUT2D eigenvalue weighted by Gasteiger charge is 2.07. The van der Waals surface area contributed by atoms with Crippen LogP contribution in [0.4, 0.5) is 0 Å². The van der Waals surface area contributed by atoms with Crippen LogP contribution < -0.4 is 16.2 Å². The summed E-state index contributed by atoms with van der Waals surface area (Å²) in [5.41, 5.74) is 13.9. The van der Waals surface area contributed by atoms with Crippen LogP contribution in [0.5, 0.6) is 5.75 Å². The van der Waals surface area contributed by atoms with Crippen LogP contribution in [-0.2, 0) is 16.3 Å². The number of halogens is 4. The number of hydrogen-bond acceptors (Lipinski definition) is 5. The van der Waals surface area contributed by atoms with E-state index in [9.17, 15) is 0 Å². The van der Waals surface area contributed by atoms with E-state index in [2.05, 4.69) is 20.0 Å². The zero-order valence-electron chi connectivity index (χ0n) is 15.1. The third-order valence-electron chi connectivity index (χ3n) is 3.22. The van der Waals surface area contributed by atoms with E-state index in [1.165, 1.54) is 14.2 Å². The number of rotatable bonds is 7. The molecule has 0 aliphatic heterocycles. The fraction of sp³-hybridized carbons (Fsp3) is 0.176. The Hall–Kier alpha value is -2.06. The Morgan fingerprint density at radius 2 is 1.46 bits per heavy atom. The van der Waals surface area contributed by atoms with Gasteiger partial charge in [-0.05, 0) is 29.8 Å². The predicted octanol–water partition coefficient (Wildman–Crippen LogP) is 3.72. The molecule has 0 radical (unpaired) electrons. The molecule has 0 atom stereocenters. The van der Waals surface area contributed by atoms with Crippen LogP contribution in [0.2, 0.25) is 5.02 Å². The average Bonchev–Trinajstić information content (AvgIpc) is 2.61. The summed E-state index contributed by atoms with van der Waals surface area (Å²) in [5, 5.41) is 7.79. The summed E-state index contributed by atoms with van der Waals surface area (Å²) in [7, 11) is 2.86. The topological polar surface area (TPSA) is 104 Å². The van der Waals surface area contributed by atoms with Gasteiger partial charge in [-0.1, -0.05) is 40.1 Å². The number of amidine groups is 2. The van der Waals surface area contributed by atoms with Gasteiger partial charge in [0.1, 0.15) is 26.6 Å². The van der Waals surface area contributed by atoms with Crippen LogP contribution in [0.15, 0.2) is 52.8 Å². The molecular weight excluding hydrogens is 450 g/mol. The SMILES string of the molecule is CO/N=C(\N)c1cccc(COc2ccc(/C(N)=N/OC)cc2Cl)c1.Cl.Cl.Cl. The quantitative estimate of drug-likeness (QED) is 0.363.